The molecule has 0 amide bonds. The molecular formula is C21H33N3O5. The summed E-state index contributed by atoms with van der Waals surface area (Å²) in [7, 11) is 4.88. The lowest BCUT2D eigenvalue weighted by atomic mass is 10.1. The predicted octanol–water partition coefficient (Wildman–Crippen LogP) is 2.06. The van der Waals surface area contributed by atoms with Gasteiger partial charge >= 0.3 is 0 Å². The number of hydrogen-bond donors (Lipinski definition) is 1. The van der Waals surface area contributed by atoms with Gasteiger partial charge in [0.15, 0.2) is 17.5 Å². The summed E-state index contributed by atoms with van der Waals surface area (Å²) >= 11 is 0. The van der Waals surface area contributed by atoms with Crippen LogP contribution in [0.5, 0.6) is 17.2 Å². The molecule has 0 saturated carbocycles. The lowest BCUT2D eigenvalue weighted by molar-refractivity contribution is -0.0817. The second kappa shape index (κ2) is 10.5. The summed E-state index contributed by atoms with van der Waals surface area (Å²) in [5, 5.41) is 3.41. The highest BCUT2D eigenvalue weighted by Crippen LogP contribution is 2.35. The van der Waals surface area contributed by atoms with E-state index in [0.717, 1.165) is 56.4 Å². The van der Waals surface area contributed by atoms with Crippen LogP contribution in [0, 0.1) is 0 Å². The van der Waals surface area contributed by atoms with Gasteiger partial charge in [0.2, 0.25) is 0 Å². The van der Waals surface area contributed by atoms with Crippen LogP contribution in [0.1, 0.15) is 25.3 Å². The minimum absolute atomic E-state index is 0.0886. The van der Waals surface area contributed by atoms with E-state index >= 15 is 0 Å². The standard InChI is InChI=1S/C21H33N3O5/c1-5-22-21(24-8-10-29-20(14-24)16-7-6-9-28-16)23-13-15-11-18(26-3)19(27-4)12-17(15)25-2/h11-12,16,20H,5-10,13-14H2,1-4H3,(H,22,23). The number of nitrogens with one attached hydrogen (secondary N) is 1. The quantitative estimate of drug-likeness (QED) is 0.548. The zero-order valence-corrected chi connectivity index (χ0v) is 17.9. The maximum Gasteiger partial charge on any atom is 0.194 e. The molecule has 2 heterocycles. The summed E-state index contributed by atoms with van der Waals surface area (Å²) < 4.78 is 28.1. The van der Waals surface area contributed by atoms with Crippen LogP contribution in [0.3, 0.4) is 0 Å². The third-order valence-electron chi connectivity index (χ3n) is 5.29. The first kappa shape index (κ1) is 21.5. The monoisotopic (exact) mass is 407 g/mol. The molecule has 1 aromatic rings. The summed E-state index contributed by atoms with van der Waals surface area (Å²) in [6, 6.07) is 3.75. The molecule has 0 bridgehead atoms. The van der Waals surface area contributed by atoms with Crippen molar-refractivity contribution < 1.29 is 23.7 Å². The number of methoxy groups -OCH3 is 3. The van der Waals surface area contributed by atoms with Crippen LogP contribution in [0.4, 0.5) is 0 Å². The Balaban J connectivity index is 1.76. The van der Waals surface area contributed by atoms with Gasteiger partial charge in [-0.15, -0.1) is 0 Å². The van der Waals surface area contributed by atoms with Crippen molar-refractivity contribution in [3.8, 4) is 17.2 Å². The van der Waals surface area contributed by atoms with Gasteiger partial charge < -0.3 is 33.9 Å². The number of benzene rings is 1. The Hall–Kier alpha value is -2.19. The Morgan fingerprint density at radius 3 is 2.45 bits per heavy atom. The molecule has 162 valence electrons. The maximum absolute atomic E-state index is 5.98. The highest BCUT2D eigenvalue weighted by atomic mass is 16.5. The number of hydrogen-bond acceptors (Lipinski definition) is 6. The van der Waals surface area contributed by atoms with E-state index in [1.165, 1.54) is 0 Å². The third kappa shape index (κ3) is 5.25. The molecule has 8 nitrogen and oxygen atoms in total. The Morgan fingerprint density at radius 2 is 1.79 bits per heavy atom. The maximum atomic E-state index is 5.98. The van der Waals surface area contributed by atoms with E-state index < -0.39 is 0 Å². The van der Waals surface area contributed by atoms with Crippen molar-refractivity contribution >= 4 is 5.96 Å². The largest absolute Gasteiger partial charge is 0.496 e. The van der Waals surface area contributed by atoms with E-state index in [0.29, 0.717) is 24.7 Å². The van der Waals surface area contributed by atoms with E-state index in [1.807, 2.05) is 12.1 Å². The Labute approximate surface area is 173 Å². The molecule has 2 fully saturated rings. The zero-order chi connectivity index (χ0) is 20.6. The van der Waals surface area contributed by atoms with Crippen molar-refractivity contribution in [1.82, 2.24) is 10.2 Å². The van der Waals surface area contributed by atoms with Crippen molar-refractivity contribution in [3.05, 3.63) is 17.7 Å². The Bertz CT molecular complexity index is 691. The van der Waals surface area contributed by atoms with Gasteiger partial charge in [0.25, 0.3) is 0 Å². The number of morpholine rings is 1. The van der Waals surface area contributed by atoms with Crippen LogP contribution in [0.2, 0.25) is 0 Å². The van der Waals surface area contributed by atoms with Crippen LogP contribution >= 0.6 is 0 Å². The molecule has 2 saturated heterocycles. The summed E-state index contributed by atoms with van der Waals surface area (Å²) in [5.41, 5.74) is 0.935. The topological polar surface area (TPSA) is 73.8 Å². The summed E-state index contributed by atoms with van der Waals surface area (Å²) in [6.45, 7) is 6.42. The van der Waals surface area contributed by atoms with Gasteiger partial charge in [-0.3, -0.25) is 0 Å². The van der Waals surface area contributed by atoms with E-state index in [1.54, 1.807) is 21.3 Å². The molecule has 2 unspecified atom stereocenters. The number of nitrogens with zero attached hydrogens (tertiary/aromatic N) is 2. The molecule has 0 aromatic heterocycles. The first-order chi connectivity index (χ1) is 14.2. The molecule has 29 heavy (non-hydrogen) atoms. The molecule has 0 aliphatic carbocycles. The number of aliphatic imine (C=N–C) groups is 1. The van der Waals surface area contributed by atoms with Crippen LogP contribution in [0.15, 0.2) is 17.1 Å². The average molecular weight is 408 g/mol. The van der Waals surface area contributed by atoms with E-state index in [9.17, 15) is 0 Å². The molecule has 8 heteroatoms. The summed E-state index contributed by atoms with van der Waals surface area (Å²) in [6.07, 6.45) is 2.45. The molecule has 1 aromatic carbocycles. The van der Waals surface area contributed by atoms with Crippen molar-refractivity contribution in [2.24, 2.45) is 4.99 Å². The molecule has 3 rings (SSSR count). The fourth-order valence-electron chi connectivity index (χ4n) is 3.79. The Kier molecular flexibility index (Phi) is 7.83. The van der Waals surface area contributed by atoms with Crippen LogP contribution in [-0.4, -0.2) is 77.2 Å². The van der Waals surface area contributed by atoms with Crippen molar-refractivity contribution in [3.63, 3.8) is 0 Å². The third-order valence-corrected chi connectivity index (χ3v) is 5.29. The van der Waals surface area contributed by atoms with E-state index in [-0.39, 0.29) is 12.2 Å². The molecule has 1 N–H and O–H groups in total. The smallest absolute Gasteiger partial charge is 0.194 e. The average Bonchev–Trinajstić information content (AvgIpc) is 3.31. The molecule has 0 spiro atoms. The van der Waals surface area contributed by atoms with Crippen LogP contribution in [-0.2, 0) is 16.0 Å². The lowest BCUT2D eigenvalue weighted by Gasteiger charge is -2.37. The fraction of sp³-hybridized carbons (Fsp3) is 0.667. The van der Waals surface area contributed by atoms with Gasteiger partial charge in [0.1, 0.15) is 11.9 Å². The fourth-order valence-corrected chi connectivity index (χ4v) is 3.79. The molecule has 2 aliphatic heterocycles. The van der Waals surface area contributed by atoms with Gasteiger partial charge in [0, 0.05) is 37.9 Å². The second-order valence-corrected chi connectivity index (χ2v) is 7.10. The molecule has 2 aliphatic rings. The van der Waals surface area contributed by atoms with Crippen LogP contribution < -0.4 is 19.5 Å². The number of rotatable bonds is 7. The minimum atomic E-state index is 0.0886. The zero-order valence-electron chi connectivity index (χ0n) is 17.9. The van der Waals surface area contributed by atoms with E-state index in [4.69, 9.17) is 28.7 Å². The minimum Gasteiger partial charge on any atom is -0.496 e. The van der Waals surface area contributed by atoms with Gasteiger partial charge in [-0.2, -0.15) is 0 Å². The number of guanidine groups is 1. The molecule has 2 atom stereocenters. The first-order valence-electron chi connectivity index (χ1n) is 10.3. The summed E-state index contributed by atoms with van der Waals surface area (Å²) in [5.74, 6) is 2.89. The first-order valence-corrected chi connectivity index (χ1v) is 10.3. The normalized spacial score (nSPS) is 22.5. The highest BCUT2D eigenvalue weighted by Gasteiger charge is 2.32. The van der Waals surface area contributed by atoms with Crippen molar-refractivity contribution in [2.75, 3.05) is 54.2 Å². The van der Waals surface area contributed by atoms with Crippen molar-refractivity contribution in [1.29, 1.82) is 0 Å². The Morgan fingerprint density at radius 1 is 1.07 bits per heavy atom. The van der Waals surface area contributed by atoms with Gasteiger partial charge in [-0.1, -0.05) is 0 Å². The lowest BCUT2D eigenvalue weighted by Crippen LogP contribution is -2.53. The van der Waals surface area contributed by atoms with E-state index in [2.05, 4.69) is 17.1 Å². The van der Waals surface area contributed by atoms with Gasteiger partial charge in [-0.05, 0) is 25.8 Å². The second-order valence-electron chi connectivity index (χ2n) is 7.10. The van der Waals surface area contributed by atoms with Gasteiger partial charge in [-0.25, -0.2) is 4.99 Å². The highest BCUT2D eigenvalue weighted by molar-refractivity contribution is 5.80. The van der Waals surface area contributed by atoms with Crippen LogP contribution in [0.25, 0.3) is 0 Å². The molecular weight excluding hydrogens is 374 g/mol. The molecule has 0 radical (unpaired) electrons. The predicted molar refractivity (Wildman–Crippen MR) is 111 cm³/mol. The SMILES string of the molecule is CCNC(=NCc1cc(OC)c(OC)cc1OC)N1CCOC(C2CCCO2)C1. The number of ether oxygens (including phenoxy) is 5. The summed E-state index contributed by atoms with van der Waals surface area (Å²) in [4.78, 5) is 7.12. The van der Waals surface area contributed by atoms with Gasteiger partial charge in [0.05, 0.1) is 40.6 Å². The van der Waals surface area contributed by atoms with Crippen molar-refractivity contribution in [2.45, 2.75) is 38.5 Å².